The molecule has 3 heterocycles. The van der Waals surface area contributed by atoms with Crippen LogP contribution in [0.4, 0.5) is 5.69 Å². The van der Waals surface area contributed by atoms with E-state index in [4.69, 9.17) is 5.73 Å². The molecule has 0 fully saturated rings. The highest BCUT2D eigenvalue weighted by atomic mass is 16.2. The number of rotatable bonds is 1. The summed E-state index contributed by atoms with van der Waals surface area (Å²) in [4.78, 5) is 38.1. The van der Waals surface area contributed by atoms with Gasteiger partial charge in [-0.25, -0.2) is 9.78 Å². The van der Waals surface area contributed by atoms with Gasteiger partial charge in [-0.1, -0.05) is 0 Å². The summed E-state index contributed by atoms with van der Waals surface area (Å²) in [5.41, 5.74) is 5.81. The number of pyridine rings is 1. The van der Waals surface area contributed by atoms with Crippen LogP contribution in [0.5, 0.6) is 0 Å². The van der Waals surface area contributed by atoms with Crippen molar-refractivity contribution in [3.63, 3.8) is 0 Å². The second-order valence-corrected chi connectivity index (χ2v) is 3.66. The summed E-state index contributed by atoms with van der Waals surface area (Å²) >= 11 is 0. The number of fused-ring (bicyclic) bond motifs is 1. The van der Waals surface area contributed by atoms with Crippen LogP contribution < -0.4 is 17.0 Å². The van der Waals surface area contributed by atoms with Gasteiger partial charge in [0.05, 0.1) is 5.69 Å². The molecule has 3 aromatic rings. The van der Waals surface area contributed by atoms with Crippen molar-refractivity contribution in [1.29, 1.82) is 0 Å². The Kier molecular flexibility index (Phi) is 2.03. The zero-order valence-corrected chi connectivity index (χ0v) is 9.02. The van der Waals surface area contributed by atoms with Crippen molar-refractivity contribution in [1.82, 2.24) is 24.9 Å². The van der Waals surface area contributed by atoms with Crippen LogP contribution >= 0.6 is 0 Å². The molecule has 0 saturated heterocycles. The van der Waals surface area contributed by atoms with E-state index in [9.17, 15) is 9.59 Å². The van der Waals surface area contributed by atoms with Gasteiger partial charge >= 0.3 is 5.69 Å². The molecule has 0 unspecified atom stereocenters. The summed E-state index contributed by atoms with van der Waals surface area (Å²) < 4.78 is 0. The van der Waals surface area contributed by atoms with Gasteiger partial charge in [0.1, 0.15) is 11.2 Å². The van der Waals surface area contributed by atoms with E-state index in [0.29, 0.717) is 17.2 Å². The highest BCUT2D eigenvalue weighted by Gasteiger charge is 2.11. The monoisotopic (exact) mass is 244 g/mol. The summed E-state index contributed by atoms with van der Waals surface area (Å²) in [6.07, 6.45) is 1.56. The minimum Gasteiger partial charge on any atom is -0.397 e. The number of hydrogen-bond acceptors (Lipinski definition) is 5. The summed E-state index contributed by atoms with van der Waals surface area (Å²) in [6, 6.07) is 3.36. The minimum absolute atomic E-state index is 0.170. The first-order valence-corrected chi connectivity index (χ1v) is 5.08. The highest BCUT2D eigenvalue weighted by Crippen LogP contribution is 2.20. The van der Waals surface area contributed by atoms with Gasteiger partial charge in [0.25, 0.3) is 5.56 Å². The molecule has 3 rings (SSSR count). The van der Waals surface area contributed by atoms with Crippen molar-refractivity contribution < 1.29 is 0 Å². The second-order valence-electron chi connectivity index (χ2n) is 3.66. The second kappa shape index (κ2) is 3.55. The smallest absolute Gasteiger partial charge is 0.327 e. The third kappa shape index (κ3) is 1.47. The van der Waals surface area contributed by atoms with Gasteiger partial charge in [-0.3, -0.25) is 19.7 Å². The number of anilines is 1. The van der Waals surface area contributed by atoms with E-state index in [-0.39, 0.29) is 11.2 Å². The molecule has 90 valence electrons. The van der Waals surface area contributed by atoms with Gasteiger partial charge in [0.2, 0.25) is 0 Å². The first kappa shape index (κ1) is 10.3. The van der Waals surface area contributed by atoms with Crippen LogP contribution in [0.25, 0.3) is 22.7 Å². The predicted octanol–water partition coefficient (Wildman–Crippen LogP) is -0.416. The van der Waals surface area contributed by atoms with E-state index in [0.717, 1.165) is 0 Å². The lowest BCUT2D eigenvalue weighted by Crippen LogP contribution is -2.21. The number of nitrogens with zero attached hydrogens (tertiary/aromatic N) is 2. The van der Waals surface area contributed by atoms with Crippen molar-refractivity contribution >= 4 is 16.9 Å². The minimum atomic E-state index is -0.612. The summed E-state index contributed by atoms with van der Waals surface area (Å²) in [5.74, 6) is 0.329. The fourth-order valence-corrected chi connectivity index (χ4v) is 1.66. The average Bonchev–Trinajstić information content (AvgIpc) is 2.73. The molecule has 8 heteroatoms. The molecule has 0 aliphatic heterocycles. The van der Waals surface area contributed by atoms with Gasteiger partial charge in [-0.15, -0.1) is 0 Å². The Bertz CT molecular complexity index is 843. The third-order valence-electron chi connectivity index (χ3n) is 2.45. The van der Waals surface area contributed by atoms with E-state index in [1.165, 1.54) is 0 Å². The van der Waals surface area contributed by atoms with E-state index in [1.54, 1.807) is 18.3 Å². The molecule has 18 heavy (non-hydrogen) atoms. The fourth-order valence-electron chi connectivity index (χ4n) is 1.66. The molecule has 0 saturated carbocycles. The van der Waals surface area contributed by atoms with E-state index in [1.807, 2.05) is 0 Å². The van der Waals surface area contributed by atoms with Crippen molar-refractivity contribution in [2.75, 3.05) is 5.73 Å². The molecule has 0 spiro atoms. The quantitative estimate of drug-likeness (QED) is 0.461. The van der Waals surface area contributed by atoms with Gasteiger partial charge in [-0.2, -0.15) is 0 Å². The Labute approximate surface area is 98.9 Å². The van der Waals surface area contributed by atoms with E-state index < -0.39 is 11.2 Å². The number of hydrogen-bond donors (Lipinski definition) is 4. The number of H-pyrrole nitrogens is 3. The standard InChI is InChI=1S/C10H8N6O2/c11-4-2-1-3-12-5(4)7-13-6-8(14-7)15-10(18)16-9(6)17/h1-3H,11H2,(H3,13,14,15,16,17,18). The van der Waals surface area contributed by atoms with Crippen LogP contribution in [-0.4, -0.2) is 24.9 Å². The molecule has 0 aromatic carbocycles. The summed E-state index contributed by atoms with van der Waals surface area (Å²) in [5, 5.41) is 0. The topological polar surface area (TPSA) is 133 Å². The van der Waals surface area contributed by atoms with Crippen molar-refractivity contribution in [3.8, 4) is 11.5 Å². The molecule has 8 nitrogen and oxygen atoms in total. The average molecular weight is 244 g/mol. The Morgan fingerprint density at radius 2 is 2.00 bits per heavy atom. The van der Waals surface area contributed by atoms with Gasteiger partial charge in [-0.05, 0) is 12.1 Å². The molecule has 3 aromatic heterocycles. The van der Waals surface area contributed by atoms with Crippen molar-refractivity contribution in [3.05, 3.63) is 39.2 Å². The maximum Gasteiger partial charge on any atom is 0.327 e. The number of imidazole rings is 1. The maximum absolute atomic E-state index is 11.5. The SMILES string of the molecule is Nc1cccnc1-c1nc2[nH]c(=O)[nH]c(=O)c2[nH]1. The van der Waals surface area contributed by atoms with Crippen LogP contribution in [-0.2, 0) is 0 Å². The molecule has 5 N–H and O–H groups in total. The first-order chi connectivity index (χ1) is 8.65. The molecular weight excluding hydrogens is 236 g/mol. The summed E-state index contributed by atoms with van der Waals surface area (Å²) in [6.45, 7) is 0. The molecule has 0 radical (unpaired) electrons. The number of nitrogen functional groups attached to an aromatic ring is 1. The van der Waals surface area contributed by atoms with E-state index in [2.05, 4.69) is 24.9 Å². The zero-order valence-electron chi connectivity index (χ0n) is 9.02. The van der Waals surface area contributed by atoms with Crippen molar-refractivity contribution in [2.24, 2.45) is 0 Å². The first-order valence-electron chi connectivity index (χ1n) is 5.08. The lowest BCUT2D eigenvalue weighted by Gasteiger charge is -1.98. The Morgan fingerprint density at radius 3 is 2.78 bits per heavy atom. The van der Waals surface area contributed by atoms with Crippen LogP contribution in [0.15, 0.2) is 27.9 Å². The lowest BCUT2D eigenvalue weighted by molar-refractivity contribution is 1.07. The van der Waals surface area contributed by atoms with Gasteiger partial charge in [0, 0.05) is 6.20 Å². The molecule has 0 amide bonds. The Balaban J connectivity index is 2.33. The number of aromatic nitrogens is 5. The largest absolute Gasteiger partial charge is 0.397 e. The third-order valence-corrected chi connectivity index (χ3v) is 2.45. The fraction of sp³-hybridized carbons (Fsp3) is 0. The molecule has 0 aliphatic rings. The van der Waals surface area contributed by atoms with E-state index >= 15 is 0 Å². The van der Waals surface area contributed by atoms with Crippen LogP contribution in [0.1, 0.15) is 0 Å². The van der Waals surface area contributed by atoms with Crippen molar-refractivity contribution in [2.45, 2.75) is 0 Å². The Hall–Kier alpha value is -2.90. The zero-order chi connectivity index (χ0) is 12.7. The highest BCUT2D eigenvalue weighted by molar-refractivity contribution is 5.77. The van der Waals surface area contributed by atoms with Crippen LogP contribution in [0.3, 0.4) is 0 Å². The lowest BCUT2D eigenvalue weighted by atomic mass is 10.3. The van der Waals surface area contributed by atoms with Crippen LogP contribution in [0.2, 0.25) is 0 Å². The number of aromatic amines is 3. The maximum atomic E-state index is 11.5. The predicted molar refractivity (Wildman–Crippen MR) is 65.0 cm³/mol. The molecular formula is C10H8N6O2. The summed E-state index contributed by atoms with van der Waals surface area (Å²) in [7, 11) is 0. The molecule has 0 bridgehead atoms. The number of nitrogens with two attached hydrogens (primary N) is 1. The number of nitrogens with one attached hydrogen (secondary N) is 3. The molecule has 0 aliphatic carbocycles. The van der Waals surface area contributed by atoms with Gasteiger partial charge in [0.15, 0.2) is 11.5 Å². The molecule has 0 atom stereocenters. The Morgan fingerprint density at radius 1 is 1.17 bits per heavy atom. The van der Waals surface area contributed by atoms with Crippen LogP contribution in [0, 0.1) is 0 Å². The normalized spacial score (nSPS) is 10.9. The van der Waals surface area contributed by atoms with Gasteiger partial charge < -0.3 is 10.7 Å².